The minimum Gasteiger partial charge on any atom is -0.494 e. The van der Waals surface area contributed by atoms with Gasteiger partial charge in [-0.2, -0.15) is 0 Å². The summed E-state index contributed by atoms with van der Waals surface area (Å²) in [6.07, 6.45) is 7.41. The van der Waals surface area contributed by atoms with Gasteiger partial charge in [-0.1, -0.05) is 0 Å². The van der Waals surface area contributed by atoms with Crippen LogP contribution in [0.15, 0.2) is 30.5 Å². The van der Waals surface area contributed by atoms with Gasteiger partial charge in [0.05, 0.1) is 30.5 Å². The van der Waals surface area contributed by atoms with Crippen molar-refractivity contribution in [2.45, 2.75) is 89.3 Å². The average molecular weight is 566 g/mol. The summed E-state index contributed by atoms with van der Waals surface area (Å²) in [5.74, 6) is 0.236. The fourth-order valence-corrected chi connectivity index (χ4v) is 6.86. The molecule has 1 aromatic carbocycles. The summed E-state index contributed by atoms with van der Waals surface area (Å²) >= 11 is 0. The molecule has 2 saturated heterocycles. The monoisotopic (exact) mass is 565 g/mol. The maximum absolute atomic E-state index is 13.6. The number of carboxylic acid groups (broad SMARTS) is 1. The Morgan fingerprint density at radius 2 is 1.88 bits per heavy atom. The van der Waals surface area contributed by atoms with E-state index in [-0.39, 0.29) is 18.0 Å². The Balaban J connectivity index is 1.13. The second kappa shape index (κ2) is 10.9. The lowest BCUT2D eigenvalue weighted by molar-refractivity contribution is -0.150. The van der Waals surface area contributed by atoms with E-state index >= 15 is 0 Å². The lowest BCUT2D eigenvalue weighted by Crippen LogP contribution is -2.48. The first-order valence-electron chi connectivity index (χ1n) is 15.1. The summed E-state index contributed by atoms with van der Waals surface area (Å²) in [5.41, 5.74) is 3.00. The molecule has 4 fully saturated rings. The topological polar surface area (TPSA) is 92.2 Å². The van der Waals surface area contributed by atoms with E-state index in [1.165, 1.54) is 17.8 Å². The van der Waals surface area contributed by atoms with Crippen molar-refractivity contribution in [2.24, 2.45) is 5.41 Å². The SMILES string of the molecule is CCOc1cc(-c2ccc(F)cn2)c(C2CC2)cc1CN1CCC2(CC1)CN([C@H]1CC[C@@](C)(C(=O)O)CC1)C(=O)O2. The summed E-state index contributed by atoms with van der Waals surface area (Å²) in [5, 5.41) is 9.56. The summed E-state index contributed by atoms with van der Waals surface area (Å²) in [6, 6.07) is 7.58. The Hall–Kier alpha value is -3.20. The number of ether oxygens (including phenoxy) is 2. The molecule has 2 aromatic rings. The van der Waals surface area contributed by atoms with E-state index in [1.54, 1.807) is 6.07 Å². The van der Waals surface area contributed by atoms with Gasteiger partial charge in [0.25, 0.3) is 0 Å². The normalized spacial score (nSPS) is 26.3. The molecule has 3 heterocycles. The second-order valence-electron chi connectivity index (χ2n) is 12.7. The Morgan fingerprint density at radius 1 is 1.15 bits per heavy atom. The third kappa shape index (κ3) is 5.65. The lowest BCUT2D eigenvalue weighted by Gasteiger charge is -2.39. The second-order valence-corrected chi connectivity index (χ2v) is 12.7. The largest absolute Gasteiger partial charge is 0.494 e. The number of rotatable bonds is 8. The number of aliphatic carboxylic acids is 1. The zero-order chi connectivity index (χ0) is 28.8. The summed E-state index contributed by atoms with van der Waals surface area (Å²) < 4.78 is 25.7. The number of nitrogens with zero attached hydrogens (tertiary/aromatic N) is 3. The minimum atomic E-state index is -0.748. The van der Waals surface area contributed by atoms with Crippen molar-refractivity contribution < 1.29 is 28.6 Å². The fourth-order valence-electron chi connectivity index (χ4n) is 6.86. The molecule has 8 nitrogen and oxygen atoms in total. The molecule has 2 aliphatic heterocycles. The molecular weight excluding hydrogens is 525 g/mol. The van der Waals surface area contributed by atoms with Crippen LogP contribution in [-0.4, -0.2) is 69.8 Å². The average Bonchev–Trinajstić information content (AvgIpc) is 3.75. The van der Waals surface area contributed by atoms with Crippen molar-refractivity contribution in [3.8, 4) is 17.0 Å². The van der Waals surface area contributed by atoms with Gasteiger partial charge in [0.1, 0.15) is 17.2 Å². The number of hydrogen-bond acceptors (Lipinski definition) is 6. The molecule has 2 aliphatic carbocycles. The zero-order valence-electron chi connectivity index (χ0n) is 24.0. The molecule has 0 atom stereocenters. The first-order valence-corrected chi connectivity index (χ1v) is 15.1. The molecule has 9 heteroatoms. The Bertz CT molecular complexity index is 1300. The number of piperidine rings is 1. The van der Waals surface area contributed by atoms with E-state index in [1.807, 2.05) is 18.7 Å². The number of carboxylic acids is 1. The zero-order valence-corrected chi connectivity index (χ0v) is 24.0. The van der Waals surface area contributed by atoms with Gasteiger partial charge in [-0.05, 0) is 88.1 Å². The molecule has 41 heavy (non-hydrogen) atoms. The Morgan fingerprint density at radius 3 is 2.49 bits per heavy atom. The van der Waals surface area contributed by atoms with Gasteiger partial charge in [0, 0.05) is 49.6 Å². The predicted molar refractivity (Wildman–Crippen MR) is 151 cm³/mol. The van der Waals surface area contributed by atoms with Crippen LogP contribution in [0, 0.1) is 11.2 Å². The van der Waals surface area contributed by atoms with Crippen molar-refractivity contribution in [2.75, 3.05) is 26.2 Å². The fraction of sp³-hybridized carbons (Fsp3) is 0.594. The van der Waals surface area contributed by atoms with Gasteiger partial charge in [-0.15, -0.1) is 0 Å². The number of benzene rings is 1. The van der Waals surface area contributed by atoms with E-state index in [9.17, 15) is 19.1 Å². The molecule has 6 rings (SSSR count). The molecule has 1 N–H and O–H groups in total. The summed E-state index contributed by atoms with van der Waals surface area (Å²) in [7, 11) is 0. The molecule has 0 radical (unpaired) electrons. The molecule has 0 bridgehead atoms. The minimum absolute atomic E-state index is 0.0519. The van der Waals surface area contributed by atoms with Gasteiger partial charge in [0.15, 0.2) is 0 Å². The Labute approximate surface area is 240 Å². The molecule has 220 valence electrons. The van der Waals surface area contributed by atoms with Crippen LogP contribution >= 0.6 is 0 Å². The van der Waals surface area contributed by atoms with E-state index in [4.69, 9.17) is 9.47 Å². The number of pyridine rings is 1. The number of likely N-dealkylation sites (tertiary alicyclic amines) is 1. The third-order valence-electron chi connectivity index (χ3n) is 9.73. The molecule has 0 unspecified atom stereocenters. The van der Waals surface area contributed by atoms with E-state index in [2.05, 4.69) is 22.0 Å². The molecule has 1 amide bonds. The maximum atomic E-state index is 13.6. The standard InChI is InChI=1S/C32H40FN3O5/c1-3-40-28-17-26(27-7-6-23(33)18-34-27)25(21-4-5-21)16-22(28)19-35-14-12-32(13-15-35)20-36(30(39)41-32)24-8-10-31(2,11-9-24)29(37)38/h6-7,16-18,21,24H,3-5,8-15,19-20H2,1-2H3,(H,37,38)/t24-,31+. The number of carbonyl (C=O) groups is 2. The van der Waals surface area contributed by atoms with Crippen molar-refractivity contribution in [1.82, 2.24) is 14.8 Å². The van der Waals surface area contributed by atoms with Crippen molar-refractivity contribution >= 4 is 12.1 Å². The van der Waals surface area contributed by atoms with Crippen LogP contribution in [0.4, 0.5) is 9.18 Å². The summed E-state index contributed by atoms with van der Waals surface area (Å²) in [4.78, 5) is 33.2. The first kappa shape index (κ1) is 27.9. The number of halogens is 1. The molecule has 1 aromatic heterocycles. The van der Waals surface area contributed by atoms with Gasteiger partial charge in [-0.25, -0.2) is 9.18 Å². The number of hydrogen-bond donors (Lipinski definition) is 1. The van der Waals surface area contributed by atoms with Crippen LogP contribution in [0.2, 0.25) is 0 Å². The molecule has 2 saturated carbocycles. The highest BCUT2D eigenvalue weighted by molar-refractivity contribution is 5.74. The maximum Gasteiger partial charge on any atom is 0.410 e. The van der Waals surface area contributed by atoms with Crippen LogP contribution < -0.4 is 4.74 Å². The molecular formula is C32H40FN3O5. The first-order chi connectivity index (χ1) is 19.7. The smallest absolute Gasteiger partial charge is 0.410 e. The highest BCUT2D eigenvalue weighted by atomic mass is 19.1. The van der Waals surface area contributed by atoms with Gasteiger partial charge in [-0.3, -0.25) is 14.7 Å². The highest BCUT2D eigenvalue weighted by Crippen LogP contribution is 2.47. The predicted octanol–water partition coefficient (Wildman–Crippen LogP) is 5.98. The van der Waals surface area contributed by atoms with Crippen molar-refractivity contribution in [1.29, 1.82) is 0 Å². The van der Waals surface area contributed by atoms with Gasteiger partial charge in [0.2, 0.25) is 0 Å². The highest BCUT2D eigenvalue weighted by Gasteiger charge is 2.50. The number of carbonyl (C=O) groups excluding carboxylic acids is 1. The van der Waals surface area contributed by atoms with Crippen LogP contribution in [-0.2, 0) is 16.1 Å². The number of aromatic nitrogens is 1. The third-order valence-corrected chi connectivity index (χ3v) is 9.73. The summed E-state index contributed by atoms with van der Waals surface area (Å²) in [6.45, 7) is 7.30. The van der Waals surface area contributed by atoms with E-state index in [0.29, 0.717) is 44.8 Å². The van der Waals surface area contributed by atoms with Crippen molar-refractivity contribution in [3.63, 3.8) is 0 Å². The Kier molecular flexibility index (Phi) is 7.42. The van der Waals surface area contributed by atoms with Crippen LogP contribution in [0.3, 0.4) is 0 Å². The van der Waals surface area contributed by atoms with Crippen LogP contribution in [0.1, 0.15) is 82.3 Å². The molecule has 1 spiro atoms. The quantitative estimate of drug-likeness (QED) is 0.421. The van der Waals surface area contributed by atoms with Crippen LogP contribution in [0.25, 0.3) is 11.3 Å². The molecule has 4 aliphatic rings. The van der Waals surface area contributed by atoms with E-state index in [0.717, 1.165) is 67.9 Å². The van der Waals surface area contributed by atoms with Crippen LogP contribution in [0.5, 0.6) is 5.75 Å². The van der Waals surface area contributed by atoms with Gasteiger partial charge < -0.3 is 19.5 Å². The lowest BCUT2D eigenvalue weighted by atomic mass is 9.73. The number of amides is 1. The van der Waals surface area contributed by atoms with Crippen molar-refractivity contribution in [3.05, 3.63) is 47.4 Å². The van der Waals surface area contributed by atoms with Gasteiger partial charge >= 0.3 is 12.1 Å². The van der Waals surface area contributed by atoms with E-state index < -0.39 is 17.0 Å².